The first-order valence-electron chi connectivity index (χ1n) is 8.64. The average molecular weight is 311 g/mol. The van der Waals surface area contributed by atoms with E-state index in [4.69, 9.17) is 4.74 Å². The minimum Gasteiger partial charge on any atom is -0.374 e. The number of hydrogen-bond donors (Lipinski definition) is 0. The predicted octanol–water partition coefficient (Wildman–Crippen LogP) is 4.32. The van der Waals surface area contributed by atoms with Crippen LogP contribution < -0.4 is 0 Å². The highest BCUT2D eigenvalue weighted by Crippen LogP contribution is 2.47. The normalized spacial score (nSPS) is 41.7. The van der Waals surface area contributed by atoms with Gasteiger partial charge < -0.3 is 4.74 Å². The van der Waals surface area contributed by atoms with Gasteiger partial charge in [-0.15, -0.1) is 0 Å². The van der Waals surface area contributed by atoms with E-state index in [1.54, 1.807) is 0 Å². The summed E-state index contributed by atoms with van der Waals surface area (Å²) >= 11 is 2.02. The Hall–Kier alpha value is -0.0200. The molecule has 0 amide bonds. The lowest BCUT2D eigenvalue weighted by molar-refractivity contribution is -0.135. The second kappa shape index (κ2) is 5.88. The minimum atomic E-state index is 0.114. The maximum atomic E-state index is 12.5. The Morgan fingerprint density at radius 1 is 1.29 bits per heavy atom. The van der Waals surface area contributed by atoms with Crippen molar-refractivity contribution in [2.75, 3.05) is 18.1 Å². The number of carbonyl (C=O) groups excluding carboxylic acids is 1. The van der Waals surface area contributed by atoms with Crippen LogP contribution in [0, 0.1) is 23.2 Å². The zero-order valence-corrected chi connectivity index (χ0v) is 14.6. The van der Waals surface area contributed by atoms with Crippen LogP contribution >= 0.6 is 11.8 Å². The van der Waals surface area contributed by atoms with Crippen LogP contribution in [-0.4, -0.2) is 29.5 Å². The highest BCUT2D eigenvalue weighted by Gasteiger charge is 2.46. The number of ether oxygens (including phenoxy) is 1. The van der Waals surface area contributed by atoms with Crippen LogP contribution in [0.3, 0.4) is 0 Å². The summed E-state index contributed by atoms with van der Waals surface area (Å²) in [5.41, 5.74) is 0.452. The van der Waals surface area contributed by atoms with E-state index >= 15 is 0 Å². The van der Waals surface area contributed by atoms with Crippen LogP contribution in [-0.2, 0) is 9.53 Å². The molecule has 0 radical (unpaired) electrons. The molecule has 1 aliphatic carbocycles. The molecule has 3 heteroatoms. The monoisotopic (exact) mass is 310 g/mol. The summed E-state index contributed by atoms with van der Waals surface area (Å²) in [6.07, 6.45) is 6.45. The molecule has 0 aromatic carbocycles. The van der Waals surface area contributed by atoms with Crippen molar-refractivity contribution in [3.63, 3.8) is 0 Å². The molecule has 2 nitrogen and oxygen atoms in total. The third-order valence-electron chi connectivity index (χ3n) is 6.08. The van der Waals surface area contributed by atoms with Gasteiger partial charge in [0.1, 0.15) is 5.78 Å². The Kier molecular flexibility index (Phi) is 4.44. The molecule has 2 saturated heterocycles. The Morgan fingerprint density at radius 3 is 2.76 bits per heavy atom. The molecule has 1 spiro atoms. The first kappa shape index (κ1) is 15.9. The van der Waals surface area contributed by atoms with Crippen molar-refractivity contribution in [3.05, 3.63) is 0 Å². The summed E-state index contributed by atoms with van der Waals surface area (Å²) in [5.74, 6) is 4.52. The molecule has 1 saturated carbocycles. The summed E-state index contributed by atoms with van der Waals surface area (Å²) in [5, 5.41) is 0. The maximum Gasteiger partial charge on any atom is 0.136 e. The lowest BCUT2D eigenvalue weighted by Crippen LogP contribution is -2.45. The van der Waals surface area contributed by atoms with Crippen LogP contribution in [0.2, 0.25) is 0 Å². The Balaban J connectivity index is 1.70. The molecule has 2 aliphatic heterocycles. The highest BCUT2D eigenvalue weighted by atomic mass is 32.2. The van der Waals surface area contributed by atoms with Crippen LogP contribution in [0.5, 0.6) is 0 Å². The van der Waals surface area contributed by atoms with Gasteiger partial charge in [0.25, 0.3) is 0 Å². The van der Waals surface area contributed by atoms with Gasteiger partial charge in [0.2, 0.25) is 0 Å². The van der Waals surface area contributed by atoms with Crippen LogP contribution in [0.15, 0.2) is 0 Å². The molecule has 3 rings (SSSR count). The topological polar surface area (TPSA) is 26.3 Å². The third kappa shape index (κ3) is 3.34. The number of carbonyl (C=O) groups is 1. The molecule has 0 bridgehead atoms. The largest absolute Gasteiger partial charge is 0.374 e. The van der Waals surface area contributed by atoms with Gasteiger partial charge in [-0.3, -0.25) is 4.79 Å². The van der Waals surface area contributed by atoms with Gasteiger partial charge in [-0.1, -0.05) is 20.8 Å². The number of hydrogen-bond acceptors (Lipinski definition) is 3. The van der Waals surface area contributed by atoms with Crippen molar-refractivity contribution >= 4 is 17.5 Å². The quantitative estimate of drug-likeness (QED) is 0.721. The van der Waals surface area contributed by atoms with E-state index in [9.17, 15) is 4.79 Å². The van der Waals surface area contributed by atoms with E-state index in [1.165, 1.54) is 12.2 Å². The van der Waals surface area contributed by atoms with Crippen LogP contribution in [0.25, 0.3) is 0 Å². The zero-order chi connectivity index (χ0) is 15.1. The van der Waals surface area contributed by atoms with Crippen molar-refractivity contribution in [1.82, 2.24) is 0 Å². The second-order valence-corrected chi connectivity index (χ2v) is 9.60. The molecule has 0 N–H and O–H groups in total. The molecule has 120 valence electrons. The Morgan fingerprint density at radius 2 is 2.10 bits per heavy atom. The average Bonchev–Trinajstić information content (AvgIpc) is 2.86. The van der Waals surface area contributed by atoms with Crippen LogP contribution in [0.1, 0.15) is 59.3 Å². The molecule has 3 fully saturated rings. The number of Topliss-reactive ketones (excluding diaryl/α,β-unsaturated/α-hetero) is 1. The molecular formula is C18H30O2S. The molecule has 0 aromatic heterocycles. The Labute approximate surface area is 133 Å². The SMILES string of the molecule is CC(C)(C)C1CCC(=O)C(C2CCOC3(CCSC3)C2)C1. The zero-order valence-electron chi connectivity index (χ0n) is 13.8. The van der Waals surface area contributed by atoms with Gasteiger partial charge in [-0.25, -0.2) is 0 Å². The fourth-order valence-electron chi connectivity index (χ4n) is 4.57. The van der Waals surface area contributed by atoms with Gasteiger partial charge in [-0.2, -0.15) is 11.8 Å². The van der Waals surface area contributed by atoms with Crippen molar-refractivity contribution in [1.29, 1.82) is 0 Å². The fourth-order valence-corrected chi connectivity index (χ4v) is 5.95. The molecule has 3 aliphatic rings. The lowest BCUT2D eigenvalue weighted by atomic mass is 9.64. The van der Waals surface area contributed by atoms with Crippen molar-refractivity contribution in [2.24, 2.45) is 23.2 Å². The maximum absolute atomic E-state index is 12.5. The number of rotatable bonds is 1. The smallest absolute Gasteiger partial charge is 0.136 e. The molecular weight excluding hydrogens is 280 g/mol. The molecule has 4 unspecified atom stereocenters. The standard InChI is InChI=1S/C18H30O2S/c1-17(2,3)14-4-5-16(19)15(10-14)13-6-8-20-18(11-13)7-9-21-12-18/h13-15H,4-12H2,1-3H3. The summed E-state index contributed by atoms with van der Waals surface area (Å²) in [6, 6.07) is 0. The summed E-state index contributed by atoms with van der Waals surface area (Å²) in [4.78, 5) is 12.5. The van der Waals surface area contributed by atoms with E-state index in [2.05, 4.69) is 20.8 Å². The summed E-state index contributed by atoms with van der Waals surface area (Å²) in [7, 11) is 0. The first-order valence-corrected chi connectivity index (χ1v) is 9.80. The lowest BCUT2D eigenvalue weighted by Gasteiger charge is -2.44. The fraction of sp³-hybridized carbons (Fsp3) is 0.944. The van der Waals surface area contributed by atoms with E-state index in [0.717, 1.165) is 44.5 Å². The molecule has 21 heavy (non-hydrogen) atoms. The van der Waals surface area contributed by atoms with E-state index < -0.39 is 0 Å². The van der Waals surface area contributed by atoms with Crippen molar-refractivity contribution in [3.8, 4) is 0 Å². The van der Waals surface area contributed by atoms with Crippen molar-refractivity contribution in [2.45, 2.75) is 64.9 Å². The van der Waals surface area contributed by atoms with Gasteiger partial charge in [-0.05, 0) is 55.1 Å². The van der Waals surface area contributed by atoms with E-state index in [0.29, 0.717) is 29.0 Å². The highest BCUT2D eigenvalue weighted by molar-refractivity contribution is 7.99. The number of thioether (sulfide) groups is 1. The molecule has 4 atom stereocenters. The third-order valence-corrected chi connectivity index (χ3v) is 7.31. The van der Waals surface area contributed by atoms with Crippen LogP contribution in [0.4, 0.5) is 0 Å². The first-order chi connectivity index (χ1) is 9.90. The summed E-state index contributed by atoms with van der Waals surface area (Å²) in [6.45, 7) is 7.88. The van der Waals surface area contributed by atoms with Crippen molar-refractivity contribution < 1.29 is 9.53 Å². The molecule has 0 aromatic rings. The minimum absolute atomic E-state index is 0.114. The van der Waals surface area contributed by atoms with Gasteiger partial charge in [0.05, 0.1) is 5.60 Å². The van der Waals surface area contributed by atoms with Gasteiger partial charge >= 0.3 is 0 Å². The second-order valence-electron chi connectivity index (χ2n) is 8.50. The number of ketones is 1. The van der Waals surface area contributed by atoms with E-state index in [1.807, 2.05) is 11.8 Å². The van der Waals surface area contributed by atoms with E-state index in [-0.39, 0.29) is 5.60 Å². The Bertz CT molecular complexity index is 393. The van der Waals surface area contributed by atoms with Gasteiger partial charge in [0.15, 0.2) is 0 Å². The summed E-state index contributed by atoms with van der Waals surface area (Å²) < 4.78 is 6.14. The molecule has 2 heterocycles. The van der Waals surface area contributed by atoms with Gasteiger partial charge in [0, 0.05) is 24.7 Å². The predicted molar refractivity (Wildman–Crippen MR) is 88.6 cm³/mol.